The van der Waals surface area contributed by atoms with Crippen LogP contribution in [0, 0.1) is 10.1 Å². The molecule has 0 radical (unpaired) electrons. The predicted molar refractivity (Wildman–Crippen MR) is 111 cm³/mol. The molecule has 0 spiro atoms. The zero-order valence-electron chi connectivity index (χ0n) is 15.9. The van der Waals surface area contributed by atoms with E-state index >= 15 is 0 Å². The van der Waals surface area contributed by atoms with E-state index in [1.165, 1.54) is 29.4 Å². The van der Waals surface area contributed by atoms with Gasteiger partial charge in [0.1, 0.15) is 11.5 Å². The van der Waals surface area contributed by atoms with E-state index in [9.17, 15) is 24.8 Å². The molecule has 4 rings (SSSR count). The summed E-state index contributed by atoms with van der Waals surface area (Å²) in [7, 11) is 0. The van der Waals surface area contributed by atoms with Crippen molar-refractivity contribution in [2.24, 2.45) is 0 Å². The first-order chi connectivity index (χ1) is 14.9. The predicted octanol–water partition coefficient (Wildman–Crippen LogP) is 4.46. The van der Waals surface area contributed by atoms with Gasteiger partial charge in [-0.05, 0) is 23.8 Å². The van der Waals surface area contributed by atoms with Gasteiger partial charge in [-0.25, -0.2) is 0 Å². The van der Waals surface area contributed by atoms with E-state index in [4.69, 9.17) is 16.0 Å². The third kappa shape index (κ3) is 3.69. The van der Waals surface area contributed by atoms with Gasteiger partial charge < -0.3 is 14.4 Å². The number of Topliss-reactive ketones (excluding diaryl/α,β-unsaturated/α-hetero) is 1. The first-order valence-electron chi connectivity index (χ1n) is 9.18. The fourth-order valence-electron chi connectivity index (χ4n) is 3.56. The van der Waals surface area contributed by atoms with Gasteiger partial charge in [0.05, 0.1) is 29.3 Å². The number of likely N-dealkylation sites (tertiary alicyclic amines) is 1. The summed E-state index contributed by atoms with van der Waals surface area (Å²) in [5.74, 6) is -1.84. The minimum Gasteiger partial charge on any atom is -0.507 e. The van der Waals surface area contributed by atoms with Gasteiger partial charge in [0.15, 0.2) is 0 Å². The molecule has 1 aromatic heterocycles. The van der Waals surface area contributed by atoms with Crippen LogP contribution in [-0.2, 0) is 16.1 Å². The number of amides is 1. The Hall–Kier alpha value is -3.91. The van der Waals surface area contributed by atoms with Crippen LogP contribution in [0.15, 0.2) is 76.9 Å². The lowest BCUT2D eigenvalue weighted by Gasteiger charge is -2.25. The smallest absolute Gasteiger partial charge is 0.296 e. The minimum absolute atomic E-state index is 0.0286. The fraction of sp³-hybridized carbons (Fsp3) is 0.0909. The molecule has 1 saturated heterocycles. The summed E-state index contributed by atoms with van der Waals surface area (Å²) in [5.41, 5.74) is 0.0115. The molecular weight excluding hydrogens is 424 g/mol. The SMILES string of the molecule is O=C1C(=O)N(Cc2ccco2)[C@H](c2ccccc2Cl)/C1=C(\O)c1cccc([N+](=O)[O-])c1. The Labute approximate surface area is 181 Å². The molecule has 0 aliphatic carbocycles. The number of hydrogen-bond acceptors (Lipinski definition) is 6. The molecule has 1 aliphatic rings. The molecule has 3 aromatic rings. The van der Waals surface area contributed by atoms with Crippen LogP contribution >= 0.6 is 11.6 Å². The summed E-state index contributed by atoms with van der Waals surface area (Å²) in [5, 5.41) is 22.4. The van der Waals surface area contributed by atoms with E-state index in [1.807, 2.05) is 0 Å². The van der Waals surface area contributed by atoms with Gasteiger partial charge in [-0.2, -0.15) is 0 Å². The number of furan rings is 1. The molecule has 2 heterocycles. The zero-order valence-corrected chi connectivity index (χ0v) is 16.7. The van der Waals surface area contributed by atoms with Crippen molar-refractivity contribution in [2.45, 2.75) is 12.6 Å². The first-order valence-corrected chi connectivity index (χ1v) is 9.56. The van der Waals surface area contributed by atoms with Crippen LogP contribution in [0.3, 0.4) is 0 Å². The lowest BCUT2D eigenvalue weighted by Crippen LogP contribution is -2.29. The van der Waals surface area contributed by atoms with Gasteiger partial charge in [0, 0.05) is 22.7 Å². The maximum atomic E-state index is 13.0. The molecule has 9 heteroatoms. The molecule has 0 saturated carbocycles. The second-order valence-corrected chi connectivity index (χ2v) is 7.24. The molecule has 1 aliphatic heterocycles. The number of aliphatic hydroxyl groups is 1. The number of halogens is 1. The third-order valence-corrected chi connectivity index (χ3v) is 5.32. The molecule has 1 fully saturated rings. The number of nitro groups is 1. The lowest BCUT2D eigenvalue weighted by atomic mass is 9.95. The maximum Gasteiger partial charge on any atom is 0.296 e. The summed E-state index contributed by atoms with van der Waals surface area (Å²) in [6.07, 6.45) is 1.44. The van der Waals surface area contributed by atoms with Gasteiger partial charge in [0.2, 0.25) is 0 Å². The fourth-order valence-corrected chi connectivity index (χ4v) is 3.80. The van der Waals surface area contributed by atoms with Crippen LogP contribution in [0.2, 0.25) is 5.02 Å². The van der Waals surface area contributed by atoms with Crippen molar-refractivity contribution < 1.29 is 24.0 Å². The van der Waals surface area contributed by atoms with Crippen LogP contribution in [0.5, 0.6) is 0 Å². The number of carbonyl (C=O) groups is 2. The highest BCUT2D eigenvalue weighted by atomic mass is 35.5. The van der Waals surface area contributed by atoms with Crippen molar-refractivity contribution >= 4 is 34.7 Å². The molecule has 31 heavy (non-hydrogen) atoms. The lowest BCUT2D eigenvalue weighted by molar-refractivity contribution is -0.384. The van der Waals surface area contributed by atoms with Gasteiger partial charge in [-0.1, -0.05) is 41.9 Å². The Morgan fingerprint density at radius 1 is 1.13 bits per heavy atom. The number of benzene rings is 2. The van der Waals surface area contributed by atoms with E-state index in [0.29, 0.717) is 16.3 Å². The Morgan fingerprint density at radius 2 is 1.90 bits per heavy atom. The highest BCUT2D eigenvalue weighted by molar-refractivity contribution is 6.46. The number of nitrogens with zero attached hydrogens (tertiary/aromatic N) is 2. The van der Waals surface area contributed by atoms with Crippen LogP contribution in [0.25, 0.3) is 5.76 Å². The summed E-state index contributed by atoms with van der Waals surface area (Å²) in [6, 6.07) is 14.2. The highest BCUT2D eigenvalue weighted by Crippen LogP contribution is 2.42. The monoisotopic (exact) mass is 438 g/mol. The first kappa shape index (κ1) is 20.4. The topological polar surface area (TPSA) is 114 Å². The Bertz CT molecular complexity index is 1220. The summed E-state index contributed by atoms with van der Waals surface area (Å²) in [4.78, 5) is 37.6. The number of nitro benzene ring substituents is 1. The van der Waals surface area contributed by atoms with Crippen molar-refractivity contribution in [2.75, 3.05) is 0 Å². The van der Waals surface area contributed by atoms with Crippen molar-refractivity contribution in [3.63, 3.8) is 0 Å². The highest BCUT2D eigenvalue weighted by Gasteiger charge is 2.47. The molecule has 156 valence electrons. The average molecular weight is 439 g/mol. The molecule has 8 nitrogen and oxygen atoms in total. The van der Waals surface area contributed by atoms with E-state index < -0.39 is 28.4 Å². The Balaban J connectivity index is 1.90. The van der Waals surface area contributed by atoms with Gasteiger partial charge >= 0.3 is 0 Å². The van der Waals surface area contributed by atoms with E-state index in [-0.39, 0.29) is 23.4 Å². The van der Waals surface area contributed by atoms with Gasteiger partial charge in [0.25, 0.3) is 17.4 Å². The molecule has 2 aromatic carbocycles. The molecule has 1 N–H and O–H groups in total. The zero-order chi connectivity index (χ0) is 22.1. The number of hydrogen-bond donors (Lipinski definition) is 1. The van der Waals surface area contributed by atoms with Crippen molar-refractivity contribution in [3.05, 3.63) is 105 Å². The minimum atomic E-state index is -1.00. The van der Waals surface area contributed by atoms with Crippen LogP contribution in [0.4, 0.5) is 5.69 Å². The summed E-state index contributed by atoms with van der Waals surface area (Å²) < 4.78 is 5.32. The second-order valence-electron chi connectivity index (χ2n) is 6.84. The van der Waals surface area contributed by atoms with Crippen molar-refractivity contribution in [1.82, 2.24) is 4.90 Å². The Kier molecular flexibility index (Phi) is 5.31. The van der Waals surface area contributed by atoms with E-state index in [0.717, 1.165) is 6.07 Å². The second kappa shape index (κ2) is 8.08. The van der Waals surface area contributed by atoms with Crippen LogP contribution in [-0.4, -0.2) is 26.6 Å². The summed E-state index contributed by atoms with van der Waals surface area (Å²) >= 11 is 6.36. The molecule has 0 bridgehead atoms. The number of aliphatic hydroxyl groups excluding tert-OH is 1. The van der Waals surface area contributed by atoms with E-state index in [2.05, 4.69) is 0 Å². The van der Waals surface area contributed by atoms with Crippen LogP contribution in [0.1, 0.15) is 22.9 Å². The normalized spacial score (nSPS) is 17.8. The third-order valence-electron chi connectivity index (χ3n) is 4.98. The van der Waals surface area contributed by atoms with Crippen molar-refractivity contribution in [1.29, 1.82) is 0 Å². The van der Waals surface area contributed by atoms with Gasteiger partial charge in [-0.15, -0.1) is 0 Å². The van der Waals surface area contributed by atoms with E-state index in [1.54, 1.807) is 36.4 Å². The number of non-ortho nitro benzene ring substituents is 1. The quantitative estimate of drug-likeness (QED) is 0.207. The number of carbonyl (C=O) groups excluding carboxylic acids is 2. The maximum absolute atomic E-state index is 13.0. The number of rotatable bonds is 5. The Morgan fingerprint density at radius 3 is 2.58 bits per heavy atom. The van der Waals surface area contributed by atoms with Crippen LogP contribution < -0.4 is 0 Å². The molecule has 1 amide bonds. The molecule has 0 unspecified atom stereocenters. The van der Waals surface area contributed by atoms with Crippen molar-refractivity contribution in [3.8, 4) is 0 Å². The molecule has 1 atom stereocenters. The standard InChI is InChI=1S/C22H15ClN2O6/c23-17-9-2-1-8-16(17)19-18(20(26)13-5-3-6-14(11-13)25(29)30)21(27)22(28)24(19)12-15-7-4-10-31-15/h1-11,19,26H,12H2/b20-18+/t19-/m1/s1. The largest absolute Gasteiger partial charge is 0.507 e. The average Bonchev–Trinajstić information content (AvgIpc) is 3.36. The molecular formula is C22H15ClN2O6. The number of ketones is 1. The summed E-state index contributed by atoms with van der Waals surface area (Å²) in [6.45, 7) is -0.0286. The van der Waals surface area contributed by atoms with Gasteiger partial charge in [-0.3, -0.25) is 19.7 Å².